The summed E-state index contributed by atoms with van der Waals surface area (Å²) >= 11 is 0. The first-order valence-corrected chi connectivity index (χ1v) is 25.2. The molecule has 0 aliphatic rings. The summed E-state index contributed by atoms with van der Waals surface area (Å²) in [6.07, 6.45) is 4.12. The Morgan fingerprint density at radius 3 is 0.857 bits per heavy atom. The van der Waals surface area contributed by atoms with Crippen molar-refractivity contribution in [2.24, 2.45) is 0 Å². The van der Waals surface area contributed by atoms with E-state index in [1.54, 1.807) is 36.4 Å². The van der Waals surface area contributed by atoms with Crippen molar-refractivity contribution in [1.29, 1.82) is 0 Å². The van der Waals surface area contributed by atoms with Gasteiger partial charge in [0.2, 0.25) is 0 Å². The summed E-state index contributed by atoms with van der Waals surface area (Å²) < 4.78 is 0. The molecule has 0 saturated heterocycles. The molecule has 0 fully saturated rings. The van der Waals surface area contributed by atoms with Crippen LogP contribution in [0.15, 0.2) is 121 Å². The zero-order valence-electron chi connectivity index (χ0n) is 42.4. The second-order valence-corrected chi connectivity index (χ2v) is 19.9. The van der Waals surface area contributed by atoms with Crippen molar-refractivity contribution in [3.8, 4) is 40.2 Å². The van der Waals surface area contributed by atoms with Crippen molar-refractivity contribution < 1.29 is 35.7 Å². The fourth-order valence-electron chi connectivity index (χ4n) is 10.1. The van der Waals surface area contributed by atoms with Gasteiger partial charge in [0.25, 0.3) is 0 Å². The Bertz CT molecular complexity index is 2650. The van der Waals surface area contributed by atoms with Gasteiger partial charge in [0, 0.05) is 35.8 Å². The minimum absolute atomic E-state index is 0.105. The molecule has 366 valence electrons. The number of phenolic OH excluding ortho intramolecular Hbond substituents is 7. The van der Waals surface area contributed by atoms with E-state index in [1.807, 2.05) is 91.9 Å². The van der Waals surface area contributed by atoms with Crippen LogP contribution in [-0.4, -0.2) is 35.7 Å². The van der Waals surface area contributed by atoms with Crippen LogP contribution in [0.25, 0.3) is 0 Å². The second kappa shape index (κ2) is 21.8. The smallest absolute Gasteiger partial charge is 0.122 e. The Balaban J connectivity index is 1.29. The van der Waals surface area contributed by atoms with Crippen molar-refractivity contribution in [3.05, 3.63) is 205 Å². The standard InChI is InChI=1S/C63H72O7/c1-10-37(6)49-32-43(16-22-55(49)64)61(44-17-23-56(65)50(33-44)38(7)11-2)53-30-41(14-20-59(53)68)28-47-26-36(5)27-48(63(47)70)29-42-15-21-60(69)54(31-42)62(45-18-24-57(66)51(34-45)39(8)12-3)46-19-25-58(67)52(35-46)40(9)13-4/h14-27,30-35,37-40,61-62,64-70H,10-13,28-29H2,1-9H3. The van der Waals surface area contributed by atoms with Crippen LogP contribution < -0.4 is 0 Å². The van der Waals surface area contributed by atoms with E-state index in [1.165, 1.54) is 0 Å². The molecule has 4 unspecified atom stereocenters. The van der Waals surface area contributed by atoms with Gasteiger partial charge in [-0.15, -0.1) is 0 Å². The van der Waals surface area contributed by atoms with Crippen molar-refractivity contribution in [3.63, 3.8) is 0 Å². The van der Waals surface area contributed by atoms with Gasteiger partial charge in [-0.25, -0.2) is 0 Å². The SMILES string of the molecule is CCC(C)c1cc(C(c2ccc(O)c(C(C)CC)c2)c2cc(Cc3cc(C)cc(Cc4ccc(O)c(C(c5ccc(O)c(C(C)CC)c5)c5ccc(O)c(C(C)CC)c5)c4)c3O)ccc2O)ccc1O. The zero-order chi connectivity index (χ0) is 50.6. The predicted molar refractivity (Wildman–Crippen MR) is 284 cm³/mol. The molecule has 0 amide bonds. The van der Waals surface area contributed by atoms with Crippen LogP contribution in [-0.2, 0) is 12.8 Å². The summed E-state index contributed by atoms with van der Waals surface area (Å²) in [5, 5.41) is 79.5. The molecule has 0 aliphatic carbocycles. The number of hydrogen-bond donors (Lipinski definition) is 7. The molecule has 0 aromatic heterocycles. The van der Waals surface area contributed by atoms with Gasteiger partial charge in [0.05, 0.1) is 0 Å². The van der Waals surface area contributed by atoms with E-state index in [-0.39, 0.29) is 63.9 Å². The van der Waals surface area contributed by atoms with Gasteiger partial charge in [-0.3, -0.25) is 0 Å². The van der Waals surface area contributed by atoms with Crippen LogP contribution in [0.5, 0.6) is 40.2 Å². The molecule has 7 nitrogen and oxygen atoms in total. The van der Waals surface area contributed by atoms with Gasteiger partial charge in [-0.2, -0.15) is 0 Å². The average Bonchev–Trinajstić information content (AvgIpc) is 3.35. The molecule has 7 N–H and O–H groups in total. The first kappa shape index (κ1) is 51.0. The van der Waals surface area contributed by atoms with E-state index in [4.69, 9.17) is 0 Å². The van der Waals surface area contributed by atoms with Gasteiger partial charge in [0.15, 0.2) is 0 Å². The minimum atomic E-state index is -0.438. The van der Waals surface area contributed by atoms with E-state index < -0.39 is 11.8 Å². The Morgan fingerprint density at radius 2 is 0.586 bits per heavy atom. The van der Waals surface area contributed by atoms with Crippen molar-refractivity contribution in [2.75, 3.05) is 0 Å². The second-order valence-electron chi connectivity index (χ2n) is 19.9. The molecule has 4 atom stereocenters. The number of phenols is 7. The Hall–Kier alpha value is -6.86. The van der Waals surface area contributed by atoms with Gasteiger partial charge < -0.3 is 35.7 Å². The lowest BCUT2D eigenvalue weighted by Crippen LogP contribution is -2.08. The summed E-state index contributed by atoms with van der Waals surface area (Å²) in [5.41, 5.74) is 12.5. The van der Waals surface area contributed by atoms with Crippen LogP contribution in [0, 0.1) is 6.92 Å². The van der Waals surface area contributed by atoms with Crippen LogP contribution in [0.4, 0.5) is 0 Å². The lowest BCUT2D eigenvalue weighted by molar-refractivity contribution is 0.459. The molecule has 0 bridgehead atoms. The summed E-state index contributed by atoms with van der Waals surface area (Å²) in [6, 6.07) is 37.9. The minimum Gasteiger partial charge on any atom is -0.508 e. The Kier molecular flexibility index (Phi) is 15.9. The van der Waals surface area contributed by atoms with Crippen LogP contribution >= 0.6 is 0 Å². The molecular weight excluding hydrogens is 869 g/mol. The molecule has 0 spiro atoms. The Morgan fingerprint density at radius 1 is 0.329 bits per heavy atom. The largest absolute Gasteiger partial charge is 0.508 e. The first-order chi connectivity index (χ1) is 33.5. The lowest BCUT2D eigenvalue weighted by Gasteiger charge is -2.24. The van der Waals surface area contributed by atoms with Crippen molar-refractivity contribution >= 4 is 0 Å². The maximum atomic E-state index is 12.1. The van der Waals surface area contributed by atoms with E-state index in [0.29, 0.717) is 24.0 Å². The maximum absolute atomic E-state index is 12.1. The van der Waals surface area contributed by atoms with Gasteiger partial charge >= 0.3 is 0 Å². The third-order valence-corrected chi connectivity index (χ3v) is 15.1. The molecule has 0 aliphatic heterocycles. The number of aryl methyl sites for hydroxylation is 1. The highest BCUT2D eigenvalue weighted by atomic mass is 16.3. The molecule has 7 aromatic rings. The van der Waals surface area contributed by atoms with Crippen LogP contribution in [0.2, 0.25) is 0 Å². The van der Waals surface area contributed by atoms with E-state index in [9.17, 15) is 35.7 Å². The molecular formula is C63H72O7. The lowest BCUT2D eigenvalue weighted by atomic mass is 9.80. The van der Waals surface area contributed by atoms with Gasteiger partial charge in [-0.05, 0) is 159 Å². The van der Waals surface area contributed by atoms with Gasteiger partial charge in [0.1, 0.15) is 40.2 Å². The van der Waals surface area contributed by atoms with Crippen LogP contribution in [0.1, 0.15) is 200 Å². The highest BCUT2D eigenvalue weighted by Crippen LogP contribution is 2.45. The highest BCUT2D eigenvalue weighted by molar-refractivity contribution is 5.58. The van der Waals surface area contributed by atoms with E-state index in [2.05, 4.69) is 55.4 Å². The topological polar surface area (TPSA) is 142 Å². The third-order valence-electron chi connectivity index (χ3n) is 15.1. The quantitative estimate of drug-likeness (QED) is 0.0425. The van der Waals surface area contributed by atoms with Crippen LogP contribution in [0.3, 0.4) is 0 Å². The fourth-order valence-corrected chi connectivity index (χ4v) is 10.1. The van der Waals surface area contributed by atoms with Crippen molar-refractivity contribution in [1.82, 2.24) is 0 Å². The number of hydrogen-bond acceptors (Lipinski definition) is 7. The van der Waals surface area contributed by atoms with E-state index >= 15 is 0 Å². The summed E-state index contributed by atoms with van der Waals surface area (Å²) in [7, 11) is 0. The average molecular weight is 941 g/mol. The summed E-state index contributed by atoms with van der Waals surface area (Å²) in [5.74, 6) is 0.880. The molecule has 70 heavy (non-hydrogen) atoms. The maximum Gasteiger partial charge on any atom is 0.122 e. The Labute approximate surface area is 415 Å². The number of aromatic hydroxyl groups is 7. The first-order valence-electron chi connectivity index (χ1n) is 25.2. The number of rotatable bonds is 18. The fraction of sp³-hybridized carbons (Fsp3) is 0.333. The highest BCUT2D eigenvalue weighted by Gasteiger charge is 2.27. The molecule has 7 aromatic carbocycles. The molecule has 0 heterocycles. The molecule has 0 saturated carbocycles. The molecule has 0 radical (unpaired) electrons. The monoisotopic (exact) mass is 941 g/mol. The van der Waals surface area contributed by atoms with Gasteiger partial charge in [-0.1, -0.05) is 146 Å². The van der Waals surface area contributed by atoms with Crippen molar-refractivity contribution in [2.45, 2.75) is 136 Å². The molecule has 7 heteroatoms. The summed E-state index contributed by atoms with van der Waals surface area (Å²) in [4.78, 5) is 0. The number of benzene rings is 7. The normalized spacial score (nSPS) is 14.2. The zero-order valence-corrected chi connectivity index (χ0v) is 42.4. The van der Waals surface area contributed by atoms with E-state index in [0.717, 1.165) is 98.0 Å². The predicted octanol–water partition coefficient (Wildman–Crippen LogP) is 15.5. The molecule has 7 rings (SSSR count). The third kappa shape index (κ3) is 10.8. The summed E-state index contributed by atoms with van der Waals surface area (Å²) in [6.45, 7) is 18.8.